The first-order valence-corrected chi connectivity index (χ1v) is 6.42. The van der Waals surface area contributed by atoms with Gasteiger partial charge in [0.1, 0.15) is 0 Å². The number of nitro benzene ring substituents is 1. The van der Waals surface area contributed by atoms with Gasteiger partial charge in [-0.05, 0) is 25.5 Å². The number of carbonyl (C=O) groups is 1. The molecule has 0 saturated heterocycles. The number of benzene rings is 1. The van der Waals surface area contributed by atoms with Crippen LogP contribution in [0.3, 0.4) is 0 Å². The van der Waals surface area contributed by atoms with Crippen LogP contribution >= 0.6 is 0 Å². The fourth-order valence-electron chi connectivity index (χ4n) is 1.53. The van der Waals surface area contributed by atoms with E-state index < -0.39 is 11.0 Å². The number of nitrogens with one attached hydrogen (secondary N) is 2. The van der Waals surface area contributed by atoms with Gasteiger partial charge in [0.15, 0.2) is 0 Å². The summed E-state index contributed by atoms with van der Waals surface area (Å²) in [4.78, 5) is 21.4. The molecule has 1 rings (SSSR count). The van der Waals surface area contributed by atoms with Crippen LogP contribution in [-0.2, 0) is 4.79 Å². The van der Waals surface area contributed by atoms with Crippen LogP contribution in [0.25, 0.3) is 0 Å². The second kappa shape index (κ2) is 8.11. The summed E-state index contributed by atoms with van der Waals surface area (Å²) in [5, 5.41) is 25.2. The van der Waals surface area contributed by atoms with E-state index in [9.17, 15) is 14.9 Å². The highest BCUT2D eigenvalue weighted by molar-refractivity contribution is 5.75. The molecule has 0 aliphatic rings. The lowest BCUT2D eigenvalue weighted by atomic mass is 10.2. The molecular weight excluding hydrogens is 262 g/mol. The lowest BCUT2D eigenvalue weighted by molar-refractivity contribution is -0.384. The van der Waals surface area contributed by atoms with E-state index in [1.807, 2.05) is 0 Å². The molecule has 7 nitrogen and oxygen atoms in total. The molecule has 1 aromatic rings. The second-order valence-corrected chi connectivity index (χ2v) is 4.49. The first-order valence-electron chi connectivity index (χ1n) is 6.42. The zero-order chi connectivity index (χ0) is 15.0. The summed E-state index contributed by atoms with van der Waals surface area (Å²) in [7, 11) is 0. The fraction of sp³-hybridized carbons (Fsp3) is 0.462. The minimum absolute atomic E-state index is 0.0491. The summed E-state index contributed by atoms with van der Waals surface area (Å²) in [6.07, 6.45) is 0.465. The van der Waals surface area contributed by atoms with Crippen molar-refractivity contribution in [3.63, 3.8) is 0 Å². The molecule has 1 atom stereocenters. The van der Waals surface area contributed by atoms with E-state index in [0.717, 1.165) is 5.69 Å². The van der Waals surface area contributed by atoms with E-state index in [1.165, 1.54) is 12.1 Å². The van der Waals surface area contributed by atoms with Gasteiger partial charge >= 0.3 is 0 Å². The van der Waals surface area contributed by atoms with Gasteiger partial charge in [0.05, 0.1) is 11.0 Å². The Kier molecular flexibility index (Phi) is 6.45. The number of hydrogen-bond acceptors (Lipinski definition) is 5. The van der Waals surface area contributed by atoms with Crippen molar-refractivity contribution >= 4 is 17.3 Å². The van der Waals surface area contributed by atoms with Gasteiger partial charge in [0.25, 0.3) is 5.69 Å². The molecule has 7 heteroatoms. The number of aliphatic hydroxyl groups excluding tert-OH is 1. The predicted molar refractivity (Wildman–Crippen MR) is 75.5 cm³/mol. The molecule has 0 aliphatic heterocycles. The molecule has 1 amide bonds. The summed E-state index contributed by atoms with van der Waals surface area (Å²) < 4.78 is 0. The van der Waals surface area contributed by atoms with Gasteiger partial charge in [-0.2, -0.15) is 0 Å². The van der Waals surface area contributed by atoms with Crippen LogP contribution in [0.5, 0.6) is 0 Å². The van der Waals surface area contributed by atoms with E-state index >= 15 is 0 Å². The fourth-order valence-corrected chi connectivity index (χ4v) is 1.53. The van der Waals surface area contributed by atoms with Gasteiger partial charge in [-0.1, -0.05) is 0 Å². The first-order chi connectivity index (χ1) is 9.49. The third-order valence-corrected chi connectivity index (χ3v) is 2.58. The van der Waals surface area contributed by atoms with E-state index in [2.05, 4.69) is 10.6 Å². The number of non-ortho nitro benzene ring substituents is 1. The van der Waals surface area contributed by atoms with Gasteiger partial charge < -0.3 is 15.7 Å². The maximum Gasteiger partial charge on any atom is 0.269 e. The summed E-state index contributed by atoms with van der Waals surface area (Å²) >= 11 is 0. The third kappa shape index (κ3) is 6.14. The summed E-state index contributed by atoms with van der Waals surface area (Å²) in [5.41, 5.74) is 0.827. The maximum atomic E-state index is 11.4. The number of aliphatic hydroxyl groups is 1. The van der Waals surface area contributed by atoms with E-state index in [-0.39, 0.29) is 18.1 Å². The zero-order valence-electron chi connectivity index (χ0n) is 11.3. The van der Waals surface area contributed by atoms with Crippen molar-refractivity contribution in [3.05, 3.63) is 34.4 Å². The molecule has 0 fully saturated rings. The zero-order valence-corrected chi connectivity index (χ0v) is 11.3. The Morgan fingerprint density at radius 1 is 1.40 bits per heavy atom. The number of carbonyl (C=O) groups excluding carboxylic acids is 1. The third-order valence-electron chi connectivity index (χ3n) is 2.58. The quantitative estimate of drug-likeness (QED) is 0.378. The molecule has 0 bridgehead atoms. The molecular formula is C13H19N3O4. The molecule has 0 spiro atoms. The Hall–Kier alpha value is -2.15. The van der Waals surface area contributed by atoms with Crippen molar-refractivity contribution < 1.29 is 14.8 Å². The molecule has 1 unspecified atom stereocenters. The number of nitrogens with zero attached hydrogens (tertiary/aromatic N) is 1. The SMILES string of the molecule is CC(O)CNC(=O)CCCNc1ccc([N+](=O)[O-])cc1. The van der Waals surface area contributed by atoms with Gasteiger partial charge in [-0.25, -0.2) is 0 Å². The lowest BCUT2D eigenvalue weighted by Gasteiger charge is -2.08. The highest BCUT2D eigenvalue weighted by atomic mass is 16.6. The van der Waals surface area contributed by atoms with Crippen molar-refractivity contribution in [1.29, 1.82) is 0 Å². The van der Waals surface area contributed by atoms with E-state index in [4.69, 9.17) is 5.11 Å². The Balaban J connectivity index is 2.21. The number of amides is 1. The molecule has 110 valence electrons. The molecule has 0 aliphatic carbocycles. The van der Waals surface area contributed by atoms with Gasteiger partial charge in [-0.3, -0.25) is 14.9 Å². The summed E-state index contributed by atoms with van der Waals surface area (Å²) in [5.74, 6) is -0.101. The average Bonchev–Trinajstić information content (AvgIpc) is 2.42. The van der Waals surface area contributed by atoms with Crippen molar-refractivity contribution in [2.75, 3.05) is 18.4 Å². The number of hydrogen-bond donors (Lipinski definition) is 3. The summed E-state index contributed by atoms with van der Waals surface area (Å²) in [6.45, 7) is 2.46. The Morgan fingerprint density at radius 2 is 2.05 bits per heavy atom. The molecule has 1 aromatic carbocycles. The van der Waals surface area contributed by atoms with Crippen molar-refractivity contribution in [1.82, 2.24) is 5.32 Å². The van der Waals surface area contributed by atoms with Crippen LogP contribution in [0, 0.1) is 10.1 Å². The number of anilines is 1. The largest absolute Gasteiger partial charge is 0.392 e. The molecule has 0 saturated carbocycles. The van der Waals surface area contributed by atoms with Gasteiger partial charge in [0, 0.05) is 37.3 Å². The molecule has 0 radical (unpaired) electrons. The molecule has 20 heavy (non-hydrogen) atoms. The van der Waals surface area contributed by atoms with Gasteiger partial charge in [0.2, 0.25) is 5.91 Å². The first kappa shape index (κ1) is 15.9. The van der Waals surface area contributed by atoms with Crippen LogP contribution in [0.4, 0.5) is 11.4 Å². The van der Waals surface area contributed by atoms with E-state index in [0.29, 0.717) is 19.4 Å². The van der Waals surface area contributed by atoms with Crippen LogP contribution in [-0.4, -0.2) is 35.1 Å². The lowest BCUT2D eigenvalue weighted by Crippen LogP contribution is -2.30. The standard InChI is InChI=1S/C13H19N3O4/c1-10(17)9-15-13(18)3-2-8-14-11-4-6-12(7-5-11)16(19)20/h4-7,10,14,17H,2-3,8-9H2,1H3,(H,15,18). The van der Waals surface area contributed by atoms with Crippen LogP contribution in [0.15, 0.2) is 24.3 Å². The number of rotatable bonds is 8. The monoisotopic (exact) mass is 281 g/mol. The van der Waals surface area contributed by atoms with Crippen molar-refractivity contribution in [3.8, 4) is 0 Å². The molecule has 0 aromatic heterocycles. The Morgan fingerprint density at radius 3 is 2.60 bits per heavy atom. The maximum absolute atomic E-state index is 11.4. The smallest absolute Gasteiger partial charge is 0.269 e. The highest BCUT2D eigenvalue weighted by Gasteiger charge is 2.04. The minimum atomic E-state index is -0.544. The Labute approximate surface area is 117 Å². The molecule has 0 heterocycles. The van der Waals surface area contributed by atoms with Crippen LogP contribution in [0.1, 0.15) is 19.8 Å². The van der Waals surface area contributed by atoms with Gasteiger partial charge in [-0.15, -0.1) is 0 Å². The topological polar surface area (TPSA) is 104 Å². The number of nitro groups is 1. The van der Waals surface area contributed by atoms with Crippen molar-refractivity contribution in [2.45, 2.75) is 25.9 Å². The van der Waals surface area contributed by atoms with Crippen molar-refractivity contribution in [2.24, 2.45) is 0 Å². The Bertz CT molecular complexity index is 445. The average molecular weight is 281 g/mol. The summed E-state index contributed by atoms with van der Waals surface area (Å²) in [6, 6.07) is 6.12. The predicted octanol–water partition coefficient (Wildman–Crippen LogP) is 1.28. The van der Waals surface area contributed by atoms with Crippen LogP contribution in [0.2, 0.25) is 0 Å². The second-order valence-electron chi connectivity index (χ2n) is 4.49. The normalized spacial score (nSPS) is 11.7. The minimum Gasteiger partial charge on any atom is -0.392 e. The van der Waals surface area contributed by atoms with E-state index in [1.54, 1.807) is 19.1 Å². The molecule has 3 N–H and O–H groups in total. The highest BCUT2D eigenvalue weighted by Crippen LogP contribution is 2.15. The van der Waals surface area contributed by atoms with Crippen LogP contribution < -0.4 is 10.6 Å².